The number of rotatable bonds is 7. The Morgan fingerprint density at radius 3 is 2.27 bits per heavy atom. The molecule has 0 unspecified atom stereocenters. The van der Waals surface area contributed by atoms with Crippen LogP contribution in [0.25, 0.3) is 0 Å². The first-order valence-corrected chi connectivity index (χ1v) is 7.51. The van der Waals surface area contributed by atoms with E-state index in [1.165, 1.54) is 17.7 Å². The van der Waals surface area contributed by atoms with Gasteiger partial charge in [-0.3, -0.25) is 4.79 Å². The normalized spacial score (nSPS) is 10.3. The van der Waals surface area contributed by atoms with E-state index < -0.39 is 0 Å². The number of hydrogen-bond acceptors (Lipinski definition) is 2. The molecule has 2 aromatic rings. The molecule has 22 heavy (non-hydrogen) atoms. The molecule has 4 heteroatoms. The van der Waals surface area contributed by atoms with E-state index >= 15 is 0 Å². The summed E-state index contributed by atoms with van der Waals surface area (Å²) in [5.41, 5.74) is 3.10. The maximum atomic E-state index is 12.8. The minimum Gasteiger partial charge on any atom is -0.376 e. The first-order valence-electron chi connectivity index (χ1n) is 7.51. The second-order valence-corrected chi connectivity index (χ2v) is 5.20. The van der Waals surface area contributed by atoms with Crippen LogP contribution in [-0.2, 0) is 17.8 Å². The molecular weight excluding hydrogens is 279 g/mol. The van der Waals surface area contributed by atoms with Gasteiger partial charge in [0.1, 0.15) is 5.82 Å². The van der Waals surface area contributed by atoms with Crippen molar-refractivity contribution < 1.29 is 9.18 Å². The Balaban J connectivity index is 1.74. The average Bonchev–Trinajstić information content (AvgIpc) is 2.54. The fraction of sp³-hybridized carbons (Fsp3) is 0.278. The Kier molecular flexibility index (Phi) is 5.95. The third kappa shape index (κ3) is 5.20. The van der Waals surface area contributed by atoms with Crippen molar-refractivity contribution in [3.05, 3.63) is 65.5 Å². The summed E-state index contributed by atoms with van der Waals surface area (Å²) in [6, 6.07) is 14.2. The lowest BCUT2D eigenvalue weighted by molar-refractivity contribution is -0.119. The minimum atomic E-state index is -0.275. The fourth-order valence-electron chi connectivity index (χ4n) is 2.13. The molecule has 2 rings (SSSR count). The lowest BCUT2D eigenvalue weighted by Crippen LogP contribution is -2.29. The first-order chi connectivity index (χ1) is 10.7. The van der Waals surface area contributed by atoms with E-state index in [1.807, 2.05) is 12.1 Å². The zero-order chi connectivity index (χ0) is 15.8. The average molecular weight is 300 g/mol. The topological polar surface area (TPSA) is 41.1 Å². The van der Waals surface area contributed by atoms with E-state index in [2.05, 4.69) is 29.7 Å². The molecule has 0 spiro atoms. The van der Waals surface area contributed by atoms with E-state index in [-0.39, 0.29) is 18.3 Å². The largest absolute Gasteiger partial charge is 0.376 e. The van der Waals surface area contributed by atoms with Gasteiger partial charge >= 0.3 is 0 Å². The van der Waals surface area contributed by atoms with Crippen LogP contribution in [0, 0.1) is 5.82 Å². The monoisotopic (exact) mass is 300 g/mol. The molecule has 2 N–H and O–H groups in total. The van der Waals surface area contributed by atoms with Crippen molar-refractivity contribution in [1.29, 1.82) is 0 Å². The van der Waals surface area contributed by atoms with Crippen molar-refractivity contribution in [3.8, 4) is 0 Å². The van der Waals surface area contributed by atoms with Crippen molar-refractivity contribution >= 4 is 11.6 Å². The number of hydrogen-bond donors (Lipinski definition) is 2. The summed E-state index contributed by atoms with van der Waals surface area (Å²) in [5.74, 6) is -0.370. The molecule has 0 bridgehead atoms. The van der Waals surface area contributed by atoms with Gasteiger partial charge in [-0.1, -0.05) is 37.6 Å². The van der Waals surface area contributed by atoms with E-state index in [0.29, 0.717) is 6.54 Å². The standard InChI is InChI=1S/C18H21FN2O/c1-2-3-14-6-10-17(11-7-14)20-13-18(22)21-12-15-4-8-16(19)9-5-15/h4-11,20H,2-3,12-13H2,1H3,(H,21,22). The molecular formula is C18H21FN2O. The highest BCUT2D eigenvalue weighted by atomic mass is 19.1. The predicted molar refractivity (Wildman–Crippen MR) is 87.2 cm³/mol. The summed E-state index contributed by atoms with van der Waals surface area (Å²) in [4.78, 5) is 11.8. The molecule has 0 saturated carbocycles. The predicted octanol–water partition coefficient (Wildman–Crippen LogP) is 3.51. The highest BCUT2D eigenvalue weighted by molar-refractivity contribution is 5.80. The molecule has 0 aliphatic heterocycles. The lowest BCUT2D eigenvalue weighted by Gasteiger charge is -2.08. The molecule has 2 aromatic carbocycles. The molecule has 0 heterocycles. The summed E-state index contributed by atoms with van der Waals surface area (Å²) in [6.45, 7) is 2.77. The van der Waals surface area contributed by atoms with E-state index in [4.69, 9.17) is 0 Å². The van der Waals surface area contributed by atoms with Gasteiger partial charge in [0, 0.05) is 12.2 Å². The van der Waals surface area contributed by atoms with Crippen LogP contribution in [-0.4, -0.2) is 12.5 Å². The first kappa shape index (κ1) is 16.0. The SMILES string of the molecule is CCCc1ccc(NCC(=O)NCc2ccc(F)cc2)cc1. The summed E-state index contributed by atoms with van der Waals surface area (Å²) in [6.07, 6.45) is 2.19. The molecule has 0 aromatic heterocycles. The van der Waals surface area contributed by atoms with Gasteiger partial charge < -0.3 is 10.6 Å². The quantitative estimate of drug-likeness (QED) is 0.821. The van der Waals surface area contributed by atoms with Gasteiger partial charge in [-0.05, 0) is 41.8 Å². The highest BCUT2D eigenvalue weighted by Gasteiger charge is 2.02. The maximum Gasteiger partial charge on any atom is 0.239 e. The second-order valence-electron chi connectivity index (χ2n) is 5.20. The molecule has 1 amide bonds. The fourth-order valence-corrected chi connectivity index (χ4v) is 2.13. The Labute approximate surface area is 130 Å². The number of anilines is 1. The van der Waals surface area contributed by atoms with Gasteiger partial charge in [-0.25, -0.2) is 4.39 Å². The third-order valence-electron chi connectivity index (χ3n) is 3.35. The van der Waals surface area contributed by atoms with Gasteiger partial charge in [0.05, 0.1) is 6.54 Å². The molecule has 0 saturated heterocycles. The summed E-state index contributed by atoms with van der Waals surface area (Å²) in [7, 11) is 0. The lowest BCUT2D eigenvalue weighted by atomic mass is 10.1. The number of nitrogens with one attached hydrogen (secondary N) is 2. The van der Waals surface area contributed by atoms with Crippen molar-refractivity contribution in [2.24, 2.45) is 0 Å². The van der Waals surface area contributed by atoms with Crippen molar-refractivity contribution in [1.82, 2.24) is 5.32 Å². The van der Waals surface area contributed by atoms with Crippen molar-refractivity contribution in [2.45, 2.75) is 26.3 Å². The van der Waals surface area contributed by atoms with E-state index in [9.17, 15) is 9.18 Å². The van der Waals surface area contributed by atoms with Crippen LogP contribution >= 0.6 is 0 Å². The zero-order valence-electron chi connectivity index (χ0n) is 12.7. The van der Waals surface area contributed by atoms with Crippen LogP contribution < -0.4 is 10.6 Å². The zero-order valence-corrected chi connectivity index (χ0v) is 12.7. The second kappa shape index (κ2) is 8.17. The van der Waals surface area contributed by atoms with Crippen molar-refractivity contribution in [2.75, 3.05) is 11.9 Å². The van der Waals surface area contributed by atoms with Gasteiger partial charge in [-0.2, -0.15) is 0 Å². The molecule has 0 aliphatic carbocycles. The van der Waals surface area contributed by atoms with Crippen LogP contribution in [0.2, 0.25) is 0 Å². The Morgan fingerprint density at radius 2 is 1.64 bits per heavy atom. The summed E-state index contributed by atoms with van der Waals surface area (Å²) < 4.78 is 12.8. The third-order valence-corrected chi connectivity index (χ3v) is 3.35. The number of halogens is 1. The van der Waals surface area contributed by atoms with Crippen LogP contribution in [0.4, 0.5) is 10.1 Å². The molecule has 3 nitrogen and oxygen atoms in total. The van der Waals surface area contributed by atoms with Gasteiger partial charge in [0.15, 0.2) is 0 Å². The summed E-state index contributed by atoms with van der Waals surface area (Å²) >= 11 is 0. The van der Waals surface area contributed by atoms with Gasteiger partial charge in [0.2, 0.25) is 5.91 Å². The minimum absolute atomic E-state index is 0.0954. The highest BCUT2D eigenvalue weighted by Crippen LogP contribution is 2.10. The van der Waals surface area contributed by atoms with E-state index in [1.54, 1.807) is 12.1 Å². The number of aryl methyl sites for hydroxylation is 1. The smallest absolute Gasteiger partial charge is 0.239 e. The molecule has 0 aliphatic rings. The van der Waals surface area contributed by atoms with Crippen LogP contribution in [0.3, 0.4) is 0 Å². The van der Waals surface area contributed by atoms with Crippen LogP contribution in [0.15, 0.2) is 48.5 Å². The number of carbonyl (C=O) groups is 1. The Hall–Kier alpha value is -2.36. The Morgan fingerprint density at radius 1 is 1.00 bits per heavy atom. The number of amides is 1. The molecule has 0 radical (unpaired) electrons. The van der Waals surface area contributed by atoms with Gasteiger partial charge in [0.25, 0.3) is 0 Å². The van der Waals surface area contributed by atoms with Crippen LogP contribution in [0.1, 0.15) is 24.5 Å². The molecule has 0 fully saturated rings. The molecule has 0 atom stereocenters. The molecule has 116 valence electrons. The van der Waals surface area contributed by atoms with Gasteiger partial charge in [-0.15, -0.1) is 0 Å². The Bertz CT molecular complexity index is 593. The number of carbonyl (C=O) groups excluding carboxylic acids is 1. The van der Waals surface area contributed by atoms with Crippen molar-refractivity contribution in [3.63, 3.8) is 0 Å². The van der Waals surface area contributed by atoms with Crippen LogP contribution in [0.5, 0.6) is 0 Å². The number of benzene rings is 2. The maximum absolute atomic E-state index is 12.8. The summed E-state index contributed by atoms with van der Waals surface area (Å²) in [5, 5.41) is 5.88. The van der Waals surface area contributed by atoms with E-state index in [0.717, 1.165) is 24.1 Å².